The Labute approximate surface area is 101 Å². The van der Waals surface area contributed by atoms with E-state index >= 15 is 0 Å². The van der Waals surface area contributed by atoms with Gasteiger partial charge >= 0.3 is 0 Å². The molecule has 1 heterocycles. The Hall–Kier alpha value is -1.49. The van der Waals surface area contributed by atoms with Crippen LogP contribution in [0.25, 0.3) is 0 Å². The molecule has 0 unspecified atom stereocenters. The van der Waals surface area contributed by atoms with Gasteiger partial charge in [0.05, 0.1) is 0 Å². The van der Waals surface area contributed by atoms with Crippen molar-refractivity contribution in [1.82, 2.24) is 9.97 Å². The molecule has 0 atom stereocenters. The average molecular weight is 282 g/mol. The molecule has 0 saturated heterocycles. The Morgan fingerprint density at radius 2 is 1.88 bits per heavy atom. The molecule has 0 aliphatic heterocycles. The molecule has 3 nitrogen and oxygen atoms in total. The minimum atomic E-state index is -0.267. The van der Waals surface area contributed by atoms with Crippen LogP contribution in [0.1, 0.15) is 5.69 Å². The summed E-state index contributed by atoms with van der Waals surface area (Å²) in [5.41, 5.74) is 1.60. The van der Waals surface area contributed by atoms with Crippen LogP contribution in [0, 0.1) is 12.7 Å². The SMILES string of the molecule is Cc1cc(Br)nc(Nc2ccc(F)cc2)n1. The summed E-state index contributed by atoms with van der Waals surface area (Å²) < 4.78 is 13.4. The summed E-state index contributed by atoms with van der Waals surface area (Å²) in [7, 11) is 0. The number of nitrogens with zero attached hydrogens (tertiary/aromatic N) is 2. The number of benzene rings is 1. The van der Waals surface area contributed by atoms with Gasteiger partial charge in [0.15, 0.2) is 0 Å². The van der Waals surface area contributed by atoms with Crippen molar-refractivity contribution in [2.75, 3.05) is 5.32 Å². The van der Waals surface area contributed by atoms with Crippen LogP contribution in [0.5, 0.6) is 0 Å². The number of rotatable bonds is 2. The molecule has 0 aliphatic rings. The van der Waals surface area contributed by atoms with Crippen molar-refractivity contribution >= 4 is 27.6 Å². The molecule has 2 rings (SSSR count). The van der Waals surface area contributed by atoms with Crippen molar-refractivity contribution in [2.45, 2.75) is 6.92 Å². The zero-order valence-corrected chi connectivity index (χ0v) is 10.1. The maximum atomic E-state index is 12.7. The lowest BCUT2D eigenvalue weighted by atomic mass is 10.3. The molecule has 82 valence electrons. The van der Waals surface area contributed by atoms with Crippen LogP contribution in [0.3, 0.4) is 0 Å². The van der Waals surface area contributed by atoms with E-state index in [4.69, 9.17) is 0 Å². The van der Waals surface area contributed by atoms with Gasteiger partial charge < -0.3 is 5.32 Å². The highest BCUT2D eigenvalue weighted by atomic mass is 79.9. The first-order valence-electron chi connectivity index (χ1n) is 4.67. The number of nitrogens with one attached hydrogen (secondary N) is 1. The number of aromatic nitrogens is 2. The third kappa shape index (κ3) is 2.76. The summed E-state index contributed by atoms with van der Waals surface area (Å²) in [4.78, 5) is 8.36. The largest absolute Gasteiger partial charge is 0.324 e. The maximum absolute atomic E-state index is 12.7. The second-order valence-electron chi connectivity index (χ2n) is 3.29. The lowest BCUT2D eigenvalue weighted by Gasteiger charge is -2.05. The number of hydrogen-bond donors (Lipinski definition) is 1. The van der Waals surface area contributed by atoms with Crippen molar-refractivity contribution in [3.05, 3.63) is 46.4 Å². The summed E-state index contributed by atoms with van der Waals surface area (Å²) >= 11 is 3.29. The van der Waals surface area contributed by atoms with Crippen LogP contribution in [-0.2, 0) is 0 Å². The van der Waals surface area contributed by atoms with E-state index in [0.29, 0.717) is 10.6 Å². The van der Waals surface area contributed by atoms with Crippen LogP contribution < -0.4 is 5.32 Å². The monoisotopic (exact) mass is 281 g/mol. The Morgan fingerprint density at radius 3 is 2.50 bits per heavy atom. The Bertz CT molecular complexity index is 479. The van der Waals surface area contributed by atoms with Gasteiger partial charge in [-0.25, -0.2) is 14.4 Å². The topological polar surface area (TPSA) is 37.8 Å². The first kappa shape index (κ1) is 11.0. The van der Waals surface area contributed by atoms with Crippen LogP contribution in [0.2, 0.25) is 0 Å². The van der Waals surface area contributed by atoms with Gasteiger partial charge in [-0.3, -0.25) is 0 Å². The lowest BCUT2D eigenvalue weighted by Crippen LogP contribution is -1.98. The van der Waals surface area contributed by atoms with Gasteiger partial charge in [0.25, 0.3) is 0 Å². The molecule has 1 aromatic carbocycles. The summed E-state index contributed by atoms with van der Waals surface area (Å²) in [6.45, 7) is 1.88. The maximum Gasteiger partial charge on any atom is 0.228 e. The third-order valence-electron chi connectivity index (χ3n) is 1.92. The smallest absolute Gasteiger partial charge is 0.228 e. The molecule has 0 saturated carbocycles. The molecule has 1 N–H and O–H groups in total. The fraction of sp³-hybridized carbons (Fsp3) is 0.0909. The van der Waals surface area contributed by atoms with Crippen molar-refractivity contribution in [1.29, 1.82) is 0 Å². The van der Waals surface area contributed by atoms with Crippen LogP contribution in [0.4, 0.5) is 16.0 Å². The van der Waals surface area contributed by atoms with E-state index in [9.17, 15) is 4.39 Å². The summed E-state index contributed by atoms with van der Waals surface area (Å²) in [6, 6.07) is 7.85. The van der Waals surface area contributed by atoms with Gasteiger partial charge in [0, 0.05) is 11.4 Å². The fourth-order valence-corrected chi connectivity index (χ4v) is 1.75. The van der Waals surface area contributed by atoms with E-state index < -0.39 is 0 Å². The molecular formula is C11H9BrFN3. The Morgan fingerprint density at radius 1 is 1.19 bits per heavy atom. The Kier molecular flexibility index (Phi) is 3.14. The first-order valence-corrected chi connectivity index (χ1v) is 5.46. The average Bonchev–Trinajstić information content (AvgIpc) is 2.20. The highest BCUT2D eigenvalue weighted by Gasteiger charge is 2.00. The van der Waals surface area contributed by atoms with Gasteiger partial charge in [-0.05, 0) is 53.2 Å². The van der Waals surface area contributed by atoms with E-state index in [0.717, 1.165) is 11.4 Å². The van der Waals surface area contributed by atoms with E-state index in [1.165, 1.54) is 12.1 Å². The second kappa shape index (κ2) is 4.57. The van der Waals surface area contributed by atoms with Crippen molar-refractivity contribution in [3.63, 3.8) is 0 Å². The summed E-state index contributed by atoms with van der Waals surface area (Å²) in [5.74, 6) is 0.218. The van der Waals surface area contributed by atoms with Gasteiger partial charge in [0.2, 0.25) is 5.95 Å². The van der Waals surface area contributed by atoms with Gasteiger partial charge in [-0.15, -0.1) is 0 Å². The number of anilines is 2. The molecule has 0 bridgehead atoms. The van der Waals surface area contributed by atoms with Crippen LogP contribution in [0.15, 0.2) is 34.9 Å². The standard InChI is InChI=1S/C11H9BrFN3/c1-7-6-10(12)16-11(14-7)15-9-4-2-8(13)3-5-9/h2-6H,1H3,(H,14,15,16). The molecule has 0 spiro atoms. The first-order chi connectivity index (χ1) is 7.63. The molecule has 5 heteroatoms. The normalized spacial score (nSPS) is 10.2. The predicted molar refractivity (Wildman–Crippen MR) is 64.2 cm³/mol. The minimum absolute atomic E-state index is 0.267. The molecule has 0 fully saturated rings. The molecule has 0 radical (unpaired) electrons. The van der Waals surface area contributed by atoms with Gasteiger partial charge in [-0.1, -0.05) is 0 Å². The Balaban J connectivity index is 2.23. The number of halogens is 2. The molecule has 16 heavy (non-hydrogen) atoms. The summed E-state index contributed by atoms with van der Waals surface area (Å²) in [6.07, 6.45) is 0. The van der Waals surface area contributed by atoms with Crippen molar-refractivity contribution in [3.8, 4) is 0 Å². The van der Waals surface area contributed by atoms with Crippen molar-refractivity contribution in [2.24, 2.45) is 0 Å². The summed E-state index contributed by atoms with van der Waals surface area (Å²) in [5, 5.41) is 2.99. The van der Waals surface area contributed by atoms with E-state index in [-0.39, 0.29) is 5.82 Å². The molecular weight excluding hydrogens is 273 g/mol. The van der Waals surface area contributed by atoms with E-state index in [1.807, 2.05) is 13.0 Å². The molecule has 0 aliphatic carbocycles. The minimum Gasteiger partial charge on any atom is -0.324 e. The molecule has 2 aromatic rings. The fourth-order valence-electron chi connectivity index (χ4n) is 1.25. The van der Waals surface area contributed by atoms with Gasteiger partial charge in [0.1, 0.15) is 10.4 Å². The van der Waals surface area contributed by atoms with Crippen molar-refractivity contribution < 1.29 is 4.39 Å². The number of aryl methyl sites for hydroxylation is 1. The predicted octanol–water partition coefficient (Wildman–Crippen LogP) is 3.43. The quantitative estimate of drug-likeness (QED) is 0.857. The third-order valence-corrected chi connectivity index (χ3v) is 2.33. The highest BCUT2D eigenvalue weighted by Crippen LogP contribution is 2.16. The van der Waals surface area contributed by atoms with Gasteiger partial charge in [-0.2, -0.15) is 0 Å². The zero-order chi connectivity index (χ0) is 11.5. The van der Waals surface area contributed by atoms with Crippen LogP contribution >= 0.6 is 15.9 Å². The lowest BCUT2D eigenvalue weighted by molar-refractivity contribution is 0.628. The van der Waals surface area contributed by atoms with E-state index in [2.05, 4.69) is 31.2 Å². The van der Waals surface area contributed by atoms with E-state index in [1.54, 1.807) is 12.1 Å². The second-order valence-corrected chi connectivity index (χ2v) is 4.10. The highest BCUT2D eigenvalue weighted by molar-refractivity contribution is 9.10. The zero-order valence-electron chi connectivity index (χ0n) is 8.54. The molecule has 1 aromatic heterocycles. The van der Waals surface area contributed by atoms with Crippen LogP contribution in [-0.4, -0.2) is 9.97 Å². The number of hydrogen-bond acceptors (Lipinski definition) is 3. The molecule has 0 amide bonds.